The molecular weight excluding hydrogens is 196 g/mol. The highest BCUT2D eigenvalue weighted by atomic mass is 14.9. The van der Waals surface area contributed by atoms with Crippen LogP contribution in [0.3, 0.4) is 0 Å². The summed E-state index contributed by atoms with van der Waals surface area (Å²) >= 11 is 0. The van der Waals surface area contributed by atoms with Crippen molar-refractivity contribution in [3.8, 4) is 0 Å². The van der Waals surface area contributed by atoms with Crippen molar-refractivity contribution in [2.75, 3.05) is 13.1 Å². The van der Waals surface area contributed by atoms with Gasteiger partial charge in [0.1, 0.15) is 0 Å². The predicted molar refractivity (Wildman–Crippen MR) is 71.4 cm³/mol. The first-order chi connectivity index (χ1) is 7.52. The first kappa shape index (κ1) is 14.0. The second-order valence-corrected chi connectivity index (χ2v) is 6.16. The lowest BCUT2D eigenvalue weighted by atomic mass is 9.85. The van der Waals surface area contributed by atoms with E-state index < -0.39 is 0 Å². The Morgan fingerprint density at radius 2 is 1.75 bits per heavy atom. The van der Waals surface area contributed by atoms with E-state index in [9.17, 15) is 0 Å². The molecule has 0 aliphatic heterocycles. The zero-order chi connectivity index (χ0) is 12.1. The van der Waals surface area contributed by atoms with Gasteiger partial charge in [0, 0.05) is 6.04 Å². The van der Waals surface area contributed by atoms with Gasteiger partial charge in [-0.15, -0.1) is 0 Å². The number of hydrogen-bond acceptors (Lipinski definition) is 2. The number of nitrogens with one attached hydrogen (secondary N) is 1. The molecule has 0 amide bonds. The van der Waals surface area contributed by atoms with E-state index in [2.05, 4.69) is 33.0 Å². The third-order valence-electron chi connectivity index (χ3n) is 4.22. The second kappa shape index (κ2) is 6.61. The van der Waals surface area contributed by atoms with E-state index >= 15 is 0 Å². The fraction of sp³-hybridized carbons (Fsp3) is 1.00. The molecule has 1 aliphatic rings. The standard InChI is InChI=1S/C14H30N2/c1-10(2)13(11(3)4)9-16-8-12-6-5-7-14(12)15/h10-14,16H,5-9,15H2,1-4H3. The number of rotatable bonds is 6. The lowest BCUT2D eigenvalue weighted by Gasteiger charge is -2.26. The molecule has 0 aromatic carbocycles. The van der Waals surface area contributed by atoms with E-state index in [1.807, 2.05) is 0 Å². The van der Waals surface area contributed by atoms with Crippen LogP contribution in [0.15, 0.2) is 0 Å². The van der Waals surface area contributed by atoms with Gasteiger partial charge in [-0.3, -0.25) is 0 Å². The molecule has 1 rings (SSSR count). The highest BCUT2D eigenvalue weighted by Crippen LogP contribution is 2.24. The van der Waals surface area contributed by atoms with Gasteiger partial charge < -0.3 is 11.1 Å². The lowest BCUT2D eigenvalue weighted by Crippen LogP contribution is -2.37. The van der Waals surface area contributed by atoms with Gasteiger partial charge in [0.2, 0.25) is 0 Å². The summed E-state index contributed by atoms with van der Waals surface area (Å²) < 4.78 is 0. The number of hydrogen-bond donors (Lipinski definition) is 2. The van der Waals surface area contributed by atoms with Crippen LogP contribution in [-0.4, -0.2) is 19.1 Å². The van der Waals surface area contributed by atoms with Gasteiger partial charge in [-0.1, -0.05) is 34.1 Å². The fourth-order valence-electron chi connectivity index (χ4n) is 3.00. The smallest absolute Gasteiger partial charge is 0.00792 e. The van der Waals surface area contributed by atoms with Crippen molar-refractivity contribution in [3.05, 3.63) is 0 Å². The van der Waals surface area contributed by atoms with Crippen LogP contribution in [0, 0.1) is 23.7 Å². The van der Waals surface area contributed by atoms with Crippen LogP contribution < -0.4 is 11.1 Å². The van der Waals surface area contributed by atoms with Crippen molar-refractivity contribution < 1.29 is 0 Å². The van der Waals surface area contributed by atoms with Crippen molar-refractivity contribution in [2.24, 2.45) is 29.4 Å². The Balaban J connectivity index is 2.22. The topological polar surface area (TPSA) is 38.0 Å². The van der Waals surface area contributed by atoms with Crippen molar-refractivity contribution >= 4 is 0 Å². The number of nitrogens with two attached hydrogens (primary N) is 1. The maximum Gasteiger partial charge on any atom is 0.00792 e. The average molecular weight is 226 g/mol. The molecule has 2 nitrogen and oxygen atoms in total. The maximum absolute atomic E-state index is 6.08. The van der Waals surface area contributed by atoms with Gasteiger partial charge in [-0.25, -0.2) is 0 Å². The van der Waals surface area contributed by atoms with Gasteiger partial charge in [0.05, 0.1) is 0 Å². The Labute approximate surface area is 101 Å². The zero-order valence-corrected chi connectivity index (χ0v) is 11.5. The van der Waals surface area contributed by atoms with Crippen LogP contribution in [0.5, 0.6) is 0 Å². The molecule has 0 aromatic heterocycles. The van der Waals surface area contributed by atoms with E-state index in [4.69, 9.17) is 5.73 Å². The first-order valence-corrected chi connectivity index (χ1v) is 6.98. The molecular formula is C14H30N2. The Kier molecular flexibility index (Phi) is 5.77. The largest absolute Gasteiger partial charge is 0.327 e. The van der Waals surface area contributed by atoms with E-state index in [0.29, 0.717) is 6.04 Å². The van der Waals surface area contributed by atoms with E-state index in [1.54, 1.807) is 0 Å². The van der Waals surface area contributed by atoms with Crippen LogP contribution in [-0.2, 0) is 0 Å². The van der Waals surface area contributed by atoms with Crippen molar-refractivity contribution in [1.29, 1.82) is 0 Å². The minimum Gasteiger partial charge on any atom is -0.327 e. The third kappa shape index (κ3) is 4.06. The summed E-state index contributed by atoms with van der Waals surface area (Å²) in [6.07, 6.45) is 3.87. The molecule has 2 atom stereocenters. The van der Waals surface area contributed by atoms with Crippen LogP contribution in [0.4, 0.5) is 0 Å². The molecule has 2 heteroatoms. The van der Waals surface area contributed by atoms with E-state index in [0.717, 1.165) is 36.8 Å². The van der Waals surface area contributed by atoms with Crippen LogP contribution in [0.1, 0.15) is 47.0 Å². The lowest BCUT2D eigenvalue weighted by molar-refractivity contribution is 0.268. The minimum absolute atomic E-state index is 0.448. The summed E-state index contributed by atoms with van der Waals surface area (Å²) in [5, 5.41) is 3.64. The second-order valence-electron chi connectivity index (χ2n) is 6.16. The fourth-order valence-corrected chi connectivity index (χ4v) is 3.00. The molecule has 1 saturated carbocycles. The van der Waals surface area contributed by atoms with Gasteiger partial charge >= 0.3 is 0 Å². The van der Waals surface area contributed by atoms with Gasteiger partial charge in [0.15, 0.2) is 0 Å². The molecule has 0 aromatic rings. The van der Waals surface area contributed by atoms with E-state index in [-0.39, 0.29) is 0 Å². The minimum atomic E-state index is 0.448. The zero-order valence-electron chi connectivity index (χ0n) is 11.5. The summed E-state index contributed by atoms with van der Waals surface area (Å²) in [6, 6.07) is 0.448. The van der Waals surface area contributed by atoms with E-state index in [1.165, 1.54) is 19.3 Å². The molecule has 0 spiro atoms. The third-order valence-corrected chi connectivity index (χ3v) is 4.22. The monoisotopic (exact) mass is 226 g/mol. The maximum atomic E-state index is 6.08. The quantitative estimate of drug-likeness (QED) is 0.730. The molecule has 16 heavy (non-hydrogen) atoms. The van der Waals surface area contributed by atoms with Gasteiger partial charge in [-0.2, -0.15) is 0 Å². The molecule has 2 unspecified atom stereocenters. The van der Waals surface area contributed by atoms with Gasteiger partial charge in [0.25, 0.3) is 0 Å². The summed E-state index contributed by atoms with van der Waals surface area (Å²) in [6.45, 7) is 11.6. The Hall–Kier alpha value is -0.0800. The summed E-state index contributed by atoms with van der Waals surface area (Å²) in [4.78, 5) is 0. The molecule has 0 bridgehead atoms. The predicted octanol–water partition coefficient (Wildman–Crippen LogP) is 2.63. The van der Waals surface area contributed by atoms with Crippen molar-refractivity contribution in [2.45, 2.75) is 53.0 Å². The first-order valence-electron chi connectivity index (χ1n) is 6.98. The van der Waals surface area contributed by atoms with Gasteiger partial charge in [-0.05, 0) is 49.6 Å². The molecule has 1 fully saturated rings. The molecule has 3 N–H and O–H groups in total. The van der Waals surface area contributed by atoms with Crippen molar-refractivity contribution in [1.82, 2.24) is 5.32 Å². The summed E-state index contributed by atoms with van der Waals surface area (Å²) in [5.41, 5.74) is 6.08. The summed E-state index contributed by atoms with van der Waals surface area (Å²) in [5.74, 6) is 3.05. The molecule has 0 radical (unpaired) electrons. The molecule has 0 saturated heterocycles. The highest BCUT2D eigenvalue weighted by molar-refractivity contribution is 4.82. The van der Waals surface area contributed by atoms with Crippen molar-refractivity contribution in [3.63, 3.8) is 0 Å². The van der Waals surface area contributed by atoms with Crippen LogP contribution in [0.2, 0.25) is 0 Å². The normalized spacial score (nSPS) is 26.2. The summed E-state index contributed by atoms with van der Waals surface area (Å²) in [7, 11) is 0. The van der Waals surface area contributed by atoms with Crippen LogP contribution in [0.25, 0.3) is 0 Å². The highest BCUT2D eigenvalue weighted by Gasteiger charge is 2.24. The Bertz CT molecular complexity index is 181. The molecule has 96 valence electrons. The average Bonchev–Trinajstić information content (AvgIpc) is 2.57. The molecule has 1 aliphatic carbocycles. The van der Waals surface area contributed by atoms with Crippen LogP contribution >= 0.6 is 0 Å². The molecule has 0 heterocycles. The SMILES string of the molecule is CC(C)C(CNCC1CCCC1N)C(C)C. The Morgan fingerprint density at radius 3 is 2.19 bits per heavy atom. The Morgan fingerprint density at radius 1 is 1.12 bits per heavy atom.